The summed E-state index contributed by atoms with van der Waals surface area (Å²) in [6, 6.07) is 5.32. The molecule has 2 heterocycles. The van der Waals surface area contributed by atoms with Crippen LogP contribution < -0.4 is 10.1 Å². The number of aryl methyl sites for hydroxylation is 1. The van der Waals surface area contributed by atoms with Crippen LogP contribution in [0.1, 0.15) is 28.8 Å². The first-order valence-corrected chi connectivity index (χ1v) is 9.09. The summed E-state index contributed by atoms with van der Waals surface area (Å²) in [6.07, 6.45) is 2.08. The van der Waals surface area contributed by atoms with Crippen LogP contribution in [0.4, 0.5) is 0 Å². The molecule has 5 nitrogen and oxygen atoms in total. The Balaban J connectivity index is 1.77. The normalized spacial score (nSPS) is 23.9. The van der Waals surface area contributed by atoms with Crippen LogP contribution in [-0.2, 0) is 16.3 Å². The van der Waals surface area contributed by atoms with Crippen LogP contribution in [0.3, 0.4) is 0 Å². The zero-order valence-electron chi connectivity index (χ0n) is 11.8. The summed E-state index contributed by atoms with van der Waals surface area (Å²) < 4.78 is 28.9. The number of nitrogens with one attached hydrogen (secondary N) is 1. The molecule has 0 radical (unpaired) electrons. The van der Waals surface area contributed by atoms with Gasteiger partial charge in [0.2, 0.25) is 0 Å². The van der Waals surface area contributed by atoms with Gasteiger partial charge in [-0.1, -0.05) is 12.1 Å². The Hall–Kier alpha value is -1.40. The molecule has 0 amide bonds. The maximum absolute atomic E-state index is 12.5. The number of para-hydroxylation sites is 1. The highest BCUT2D eigenvalue weighted by Gasteiger charge is 2.28. The second kappa shape index (κ2) is 5.77. The number of sulfone groups is 1. The van der Waals surface area contributed by atoms with Crippen molar-refractivity contribution in [2.24, 2.45) is 0 Å². The summed E-state index contributed by atoms with van der Waals surface area (Å²) in [5.41, 5.74) is 1.65. The molecule has 3 rings (SSSR count). The Morgan fingerprint density at radius 3 is 3.05 bits per heavy atom. The molecular formula is C15H19NO4S. The van der Waals surface area contributed by atoms with E-state index in [1.807, 2.05) is 12.1 Å². The van der Waals surface area contributed by atoms with Gasteiger partial charge in [-0.05, 0) is 24.5 Å². The standard InChI is InChI=1S/C15H19NO4S/c17-14(9-12-10-21(18,19)8-6-16-12)13-5-1-3-11-4-2-7-20-15(11)13/h1,3,5,12,16H,2,4,6-10H2. The number of hydrogen-bond acceptors (Lipinski definition) is 5. The molecule has 1 aromatic carbocycles. The molecule has 21 heavy (non-hydrogen) atoms. The van der Waals surface area contributed by atoms with Crippen LogP contribution in [0.5, 0.6) is 5.75 Å². The van der Waals surface area contributed by atoms with E-state index < -0.39 is 9.84 Å². The maximum atomic E-state index is 12.5. The van der Waals surface area contributed by atoms with Gasteiger partial charge in [-0.25, -0.2) is 8.42 Å². The third-order valence-electron chi connectivity index (χ3n) is 3.97. The number of rotatable bonds is 3. The Morgan fingerprint density at radius 2 is 2.24 bits per heavy atom. The zero-order chi connectivity index (χ0) is 14.9. The van der Waals surface area contributed by atoms with E-state index >= 15 is 0 Å². The first-order chi connectivity index (χ1) is 10.1. The molecule has 2 aliphatic rings. The van der Waals surface area contributed by atoms with Crippen molar-refractivity contribution in [3.8, 4) is 5.75 Å². The highest BCUT2D eigenvalue weighted by atomic mass is 32.2. The van der Waals surface area contributed by atoms with Gasteiger partial charge in [-0.3, -0.25) is 4.79 Å². The van der Waals surface area contributed by atoms with E-state index in [-0.39, 0.29) is 29.8 Å². The predicted octanol–water partition coefficient (Wildman–Crippen LogP) is 0.971. The van der Waals surface area contributed by atoms with Crippen molar-refractivity contribution in [1.82, 2.24) is 5.32 Å². The van der Waals surface area contributed by atoms with Gasteiger partial charge in [0.05, 0.1) is 23.7 Å². The van der Waals surface area contributed by atoms with Gasteiger partial charge in [-0.2, -0.15) is 0 Å². The van der Waals surface area contributed by atoms with Crippen molar-refractivity contribution < 1.29 is 17.9 Å². The number of fused-ring (bicyclic) bond motifs is 1. The van der Waals surface area contributed by atoms with Gasteiger partial charge in [0, 0.05) is 19.0 Å². The van der Waals surface area contributed by atoms with Gasteiger partial charge in [0.15, 0.2) is 15.6 Å². The molecule has 6 heteroatoms. The average molecular weight is 309 g/mol. The Morgan fingerprint density at radius 1 is 1.38 bits per heavy atom. The highest BCUT2D eigenvalue weighted by molar-refractivity contribution is 7.91. The van der Waals surface area contributed by atoms with Crippen molar-refractivity contribution in [3.05, 3.63) is 29.3 Å². The summed E-state index contributed by atoms with van der Waals surface area (Å²) in [4.78, 5) is 12.5. The van der Waals surface area contributed by atoms with E-state index in [4.69, 9.17) is 4.74 Å². The fraction of sp³-hybridized carbons (Fsp3) is 0.533. The molecule has 1 fully saturated rings. The van der Waals surface area contributed by atoms with Crippen LogP contribution in [-0.4, -0.2) is 44.9 Å². The summed E-state index contributed by atoms with van der Waals surface area (Å²) in [7, 11) is -3.02. The second-order valence-electron chi connectivity index (χ2n) is 5.64. The van der Waals surface area contributed by atoms with Gasteiger partial charge in [-0.15, -0.1) is 0 Å². The lowest BCUT2D eigenvalue weighted by atomic mass is 9.97. The maximum Gasteiger partial charge on any atom is 0.168 e. The predicted molar refractivity (Wildman–Crippen MR) is 79.7 cm³/mol. The van der Waals surface area contributed by atoms with Gasteiger partial charge in [0.25, 0.3) is 0 Å². The molecule has 1 aromatic rings. The zero-order valence-corrected chi connectivity index (χ0v) is 12.6. The third kappa shape index (κ3) is 3.27. The van der Waals surface area contributed by atoms with Crippen molar-refractivity contribution >= 4 is 15.6 Å². The molecule has 0 bridgehead atoms. The van der Waals surface area contributed by atoms with Crippen molar-refractivity contribution in [2.75, 3.05) is 24.7 Å². The number of benzene rings is 1. The van der Waals surface area contributed by atoms with Crippen molar-refractivity contribution in [1.29, 1.82) is 0 Å². The van der Waals surface area contributed by atoms with E-state index in [0.717, 1.165) is 18.4 Å². The Kier molecular flexibility index (Phi) is 3.99. The van der Waals surface area contributed by atoms with E-state index in [1.54, 1.807) is 6.07 Å². The van der Waals surface area contributed by atoms with Crippen LogP contribution in [0.25, 0.3) is 0 Å². The van der Waals surface area contributed by atoms with E-state index in [1.165, 1.54) is 0 Å². The number of Topliss-reactive ketones (excluding diaryl/α,β-unsaturated/α-hetero) is 1. The van der Waals surface area contributed by atoms with Crippen LogP contribution in [0.2, 0.25) is 0 Å². The molecule has 0 saturated carbocycles. The SMILES string of the molecule is O=C(CC1CS(=O)(=O)CCN1)c1cccc2c1OCCC2. The fourth-order valence-corrected chi connectivity index (χ4v) is 4.39. The first kappa shape index (κ1) is 14.5. The molecule has 1 N–H and O–H groups in total. The lowest BCUT2D eigenvalue weighted by molar-refractivity contribution is 0.0967. The molecular weight excluding hydrogens is 290 g/mol. The number of carbonyl (C=O) groups is 1. The van der Waals surface area contributed by atoms with Gasteiger partial charge in [0.1, 0.15) is 5.75 Å². The monoisotopic (exact) mass is 309 g/mol. The van der Waals surface area contributed by atoms with Crippen molar-refractivity contribution in [2.45, 2.75) is 25.3 Å². The lowest BCUT2D eigenvalue weighted by Gasteiger charge is -2.24. The molecule has 1 unspecified atom stereocenters. The smallest absolute Gasteiger partial charge is 0.168 e. The summed E-state index contributed by atoms with van der Waals surface area (Å²) in [6.45, 7) is 1.05. The molecule has 0 aliphatic carbocycles. The number of ether oxygens (including phenoxy) is 1. The van der Waals surface area contributed by atoms with Crippen LogP contribution >= 0.6 is 0 Å². The molecule has 1 saturated heterocycles. The summed E-state index contributed by atoms with van der Waals surface area (Å²) >= 11 is 0. The second-order valence-corrected chi connectivity index (χ2v) is 7.87. The minimum absolute atomic E-state index is 0.0363. The minimum atomic E-state index is -3.02. The largest absolute Gasteiger partial charge is 0.493 e. The quantitative estimate of drug-likeness (QED) is 0.842. The van der Waals surface area contributed by atoms with Crippen molar-refractivity contribution in [3.63, 3.8) is 0 Å². The topological polar surface area (TPSA) is 72.5 Å². The number of ketones is 1. The number of carbonyl (C=O) groups excluding carboxylic acids is 1. The van der Waals surface area contributed by atoms with E-state index in [2.05, 4.69) is 5.32 Å². The molecule has 1 atom stereocenters. The van der Waals surface area contributed by atoms with Gasteiger partial charge < -0.3 is 10.1 Å². The van der Waals surface area contributed by atoms with Crippen LogP contribution in [0, 0.1) is 0 Å². The Labute approximate surface area is 124 Å². The summed E-state index contributed by atoms with van der Waals surface area (Å²) in [5, 5.41) is 3.11. The molecule has 2 aliphatic heterocycles. The molecule has 0 spiro atoms. The fourth-order valence-electron chi connectivity index (χ4n) is 2.94. The highest BCUT2D eigenvalue weighted by Crippen LogP contribution is 2.30. The average Bonchev–Trinajstić information content (AvgIpc) is 2.45. The summed E-state index contributed by atoms with van der Waals surface area (Å²) in [5.74, 6) is 0.826. The molecule has 0 aromatic heterocycles. The van der Waals surface area contributed by atoms with Crippen LogP contribution in [0.15, 0.2) is 18.2 Å². The number of hydrogen-bond donors (Lipinski definition) is 1. The Bertz CT molecular complexity index is 654. The first-order valence-electron chi connectivity index (χ1n) is 7.27. The van der Waals surface area contributed by atoms with E-state index in [0.29, 0.717) is 24.5 Å². The lowest BCUT2D eigenvalue weighted by Crippen LogP contribution is -2.46. The minimum Gasteiger partial charge on any atom is -0.493 e. The van der Waals surface area contributed by atoms with Gasteiger partial charge >= 0.3 is 0 Å². The van der Waals surface area contributed by atoms with E-state index in [9.17, 15) is 13.2 Å². The molecule has 114 valence electrons. The third-order valence-corrected chi connectivity index (χ3v) is 5.70.